The van der Waals surface area contributed by atoms with E-state index in [9.17, 15) is 4.39 Å². The van der Waals surface area contributed by atoms with Gasteiger partial charge in [0, 0.05) is 23.1 Å². The number of furan rings is 1. The van der Waals surface area contributed by atoms with E-state index in [0.29, 0.717) is 5.56 Å². The van der Waals surface area contributed by atoms with Gasteiger partial charge < -0.3 is 10.2 Å². The second-order valence-corrected chi connectivity index (χ2v) is 4.66. The number of halogens is 1. The SMILES string of the molecule is Cc1ccc2oc(-c3ccc(F)c(CN)c3)cc2c1. The van der Waals surface area contributed by atoms with E-state index in [1.54, 1.807) is 12.1 Å². The highest BCUT2D eigenvalue weighted by Crippen LogP contribution is 2.29. The molecule has 3 rings (SSSR count). The fourth-order valence-electron chi connectivity index (χ4n) is 2.19. The predicted octanol–water partition coefficient (Wildman–Crippen LogP) is 4.01. The molecule has 0 amide bonds. The first kappa shape index (κ1) is 11.9. The lowest BCUT2D eigenvalue weighted by atomic mass is 10.1. The molecule has 2 N–H and O–H groups in total. The Morgan fingerprint density at radius 2 is 1.95 bits per heavy atom. The molecule has 0 aliphatic heterocycles. The average molecular weight is 255 g/mol. The molecular formula is C16H14FNO. The molecule has 0 saturated heterocycles. The van der Waals surface area contributed by atoms with Gasteiger partial charge in [-0.3, -0.25) is 0 Å². The van der Waals surface area contributed by atoms with Gasteiger partial charge in [0.25, 0.3) is 0 Å². The van der Waals surface area contributed by atoms with Crippen LogP contribution in [0.15, 0.2) is 46.9 Å². The van der Waals surface area contributed by atoms with E-state index in [-0.39, 0.29) is 12.4 Å². The van der Waals surface area contributed by atoms with Crippen molar-refractivity contribution < 1.29 is 8.81 Å². The van der Waals surface area contributed by atoms with Crippen LogP contribution in [-0.4, -0.2) is 0 Å². The minimum absolute atomic E-state index is 0.180. The monoisotopic (exact) mass is 255 g/mol. The first-order valence-corrected chi connectivity index (χ1v) is 6.16. The van der Waals surface area contributed by atoms with Crippen molar-refractivity contribution in [1.82, 2.24) is 0 Å². The van der Waals surface area contributed by atoms with Gasteiger partial charge in [0.15, 0.2) is 0 Å². The number of rotatable bonds is 2. The summed E-state index contributed by atoms with van der Waals surface area (Å²) in [4.78, 5) is 0. The first-order chi connectivity index (χ1) is 9.17. The molecule has 0 aliphatic rings. The third-order valence-electron chi connectivity index (χ3n) is 3.22. The second kappa shape index (κ2) is 4.52. The summed E-state index contributed by atoms with van der Waals surface area (Å²) in [5, 5.41) is 1.05. The zero-order chi connectivity index (χ0) is 13.4. The van der Waals surface area contributed by atoms with Gasteiger partial charge in [0.2, 0.25) is 0 Å². The molecule has 0 bridgehead atoms. The third-order valence-corrected chi connectivity index (χ3v) is 3.22. The van der Waals surface area contributed by atoms with Crippen molar-refractivity contribution in [3.63, 3.8) is 0 Å². The Hall–Kier alpha value is -2.13. The van der Waals surface area contributed by atoms with Crippen LogP contribution < -0.4 is 5.73 Å². The molecule has 3 heteroatoms. The molecule has 0 unspecified atom stereocenters. The summed E-state index contributed by atoms with van der Waals surface area (Å²) in [6.07, 6.45) is 0. The van der Waals surface area contributed by atoms with Crippen LogP contribution >= 0.6 is 0 Å². The minimum atomic E-state index is -0.279. The van der Waals surface area contributed by atoms with Gasteiger partial charge in [-0.15, -0.1) is 0 Å². The van der Waals surface area contributed by atoms with Crippen molar-refractivity contribution >= 4 is 11.0 Å². The molecule has 0 atom stereocenters. The summed E-state index contributed by atoms with van der Waals surface area (Å²) in [5.41, 5.74) is 8.87. The van der Waals surface area contributed by atoms with E-state index in [0.717, 1.165) is 22.3 Å². The van der Waals surface area contributed by atoms with Gasteiger partial charge in [-0.1, -0.05) is 11.6 Å². The lowest BCUT2D eigenvalue weighted by Crippen LogP contribution is -1.99. The molecule has 2 aromatic carbocycles. The molecule has 1 heterocycles. The maximum absolute atomic E-state index is 13.4. The van der Waals surface area contributed by atoms with Crippen LogP contribution in [-0.2, 0) is 6.54 Å². The maximum Gasteiger partial charge on any atom is 0.135 e. The van der Waals surface area contributed by atoms with Crippen LogP contribution in [0.5, 0.6) is 0 Å². The number of fused-ring (bicyclic) bond motifs is 1. The molecule has 96 valence electrons. The van der Waals surface area contributed by atoms with Gasteiger partial charge in [0.05, 0.1) is 0 Å². The standard InChI is InChI=1S/C16H14FNO/c1-10-2-5-15-12(6-10)8-16(19-15)11-3-4-14(17)13(7-11)9-18/h2-8H,9,18H2,1H3. The van der Waals surface area contributed by atoms with E-state index in [1.165, 1.54) is 11.6 Å². The Balaban J connectivity index is 2.13. The number of nitrogens with two attached hydrogens (primary N) is 1. The molecule has 3 aromatic rings. The number of benzene rings is 2. The van der Waals surface area contributed by atoms with E-state index in [1.807, 2.05) is 25.1 Å². The van der Waals surface area contributed by atoms with Crippen molar-refractivity contribution in [2.45, 2.75) is 13.5 Å². The largest absolute Gasteiger partial charge is 0.456 e. The fraction of sp³-hybridized carbons (Fsp3) is 0.125. The van der Waals surface area contributed by atoms with Gasteiger partial charge in [-0.25, -0.2) is 4.39 Å². The number of hydrogen-bond acceptors (Lipinski definition) is 2. The van der Waals surface area contributed by atoms with Gasteiger partial charge in [-0.2, -0.15) is 0 Å². The summed E-state index contributed by atoms with van der Waals surface area (Å²) < 4.78 is 19.2. The zero-order valence-electron chi connectivity index (χ0n) is 10.6. The molecule has 0 spiro atoms. The van der Waals surface area contributed by atoms with Crippen molar-refractivity contribution in [2.24, 2.45) is 5.73 Å². The zero-order valence-corrected chi connectivity index (χ0v) is 10.6. The smallest absolute Gasteiger partial charge is 0.135 e. The summed E-state index contributed by atoms with van der Waals surface area (Å²) in [7, 11) is 0. The lowest BCUT2D eigenvalue weighted by molar-refractivity contribution is 0.608. The van der Waals surface area contributed by atoms with Crippen LogP contribution in [0.4, 0.5) is 4.39 Å². The molecule has 0 saturated carbocycles. The Bertz CT molecular complexity index is 746. The Kier molecular flexibility index (Phi) is 2.84. The molecular weight excluding hydrogens is 241 g/mol. The Morgan fingerprint density at radius 1 is 1.11 bits per heavy atom. The Morgan fingerprint density at radius 3 is 2.74 bits per heavy atom. The van der Waals surface area contributed by atoms with Crippen LogP contribution in [0.1, 0.15) is 11.1 Å². The molecule has 19 heavy (non-hydrogen) atoms. The topological polar surface area (TPSA) is 39.2 Å². The maximum atomic E-state index is 13.4. The van der Waals surface area contributed by atoms with Crippen molar-refractivity contribution in [3.05, 3.63) is 59.4 Å². The van der Waals surface area contributed by atoms with E-state index >= 15 is 0 Å². The Labute approximate surface area is 110 Å². The van der Waals surface area contributed by atoms with Crippen LogP contribution in [0, 0.1) is 12.7 Å². The average Bonchev–Trinajstić information content (AvgIpc) is 2.82. The van der Waals surface area contributed by atoms with Crippen LogP contribution in [0.25, 0.3) is 22.3 Å². The highest BCUT2D eigenvalue weighted by atomic mass is 19.1. The number of hydrogen-bond donors (Lipinski definition) is 1. The van der Waals surface area contributed by atoms with Crippen LogP contribution in [0.3, 0.4) is 0 Å². The van der Waals surface area contributed by atoms with Crippen molar-refractivity contribution in [3.8, 4) is 11.3 Å². The van der Waals surface area contributed by atoms with Gasteiger partial charge >= 0.3 is 0 Å². The van der Waals surface area contributed by atoms with Crippen molar-refractivity contribution in [2.75, 3.05) is 0 Å². The highest BCUT2D eigenvalue weighted by molar-refractivity contribution is 5.83. The normalized spacial score (nSPS) is 11.1. The van der Waals surface area contributed by atoms with Crippen molar-refractivity contribution in [1.29, 1.82) is 0 Å². The summed E-state index contributed by atoms with van der Waals surface area (Å²) in [6.45, 7) is 2.22. The molecule has 0 radical (unpaired) electrons. The third kappa shape index (κ3) is 2.13. The predicted molar refractivity (Wildman–Crippen MR) is 74.2 cm³/mol. The summed E-state index contributed by atoms with van der Waals surface area (Å²) >= 11 is 0. The van der Waals surface area contributed by atoms with E-state index in [4.69, 9.17) is 10.2 Å². The van der Waals surface area contributed by atoms with Gasteiger partial charge in [0.1, 0.15) is 17.2 Å². The molecule has 1 aromatic heterocycles. The first-order valence-electron chi connectivity index (χ1n) is 6.16. The van der Waals surface area contributed by atoms with E-state index < -0.39 is 0 Å². The second-order valence-electron chi connectivity index (χ2n) is 4.66. The number of aryl methyl sites for hydroxylation is 1. The summed E-state index contributed by atoms with van der Waals surface area (Å²) in [6, 6.07) is 12.9. The summed E-state index contributed by atoms with van der Waals surface area (Å²) in [5.74, 6) is 0.452. The van der Waals surface area contributed by atoms with Crippen LogP contribution in [0.2, 0.25) is 0 Å². The van der Waals surface area contributed by atoms with Gasteiger partial charge in [-0.05, 0) is 43.3 Å². The molecule has 2 nitrogen and oxygen atoms in total. The highest BCUT2D eigenvalue weighted by Gasteiger charge is 2.09. The minimum Gasteiger partial charge on any atom is -0.456 e. The molecule has 0 fully saturated rings. The van der Waals surface area contributed by atoms with E-state index in [2.05, 4.69) is 6.07 Å². The quantitative estimate of drug-likeness (QED) is 0.751. The fourth-order valence-corrected chi connectivity index (χ4v) is 2.19. The lowest BCUT2D eigenvalue weighted by Gasteiger charge is -2.02. The molecule has 0 aliphatic carbocycles.